The molecule has 188 valence electrons. The number of carboxylic acid groups (broad SMARTS) is 1. The molecule has 2 fully saturated rings. The minimum atomic E-state index is -0.661. The molecule has 4 heteroatoms. The molecule has 2 aromatic carbocycles. The Morgan fingerprint density at radius 2 is 1.91 bits per heavy atom. The highest BCUT2D eigenvalue weighted by atomic mass is 16.5. The molecule has 0 aromatic heterocycles. The van der Waals surface area contributed by atoms with Crippen molar-refractivity contribution in [3.8, 4) is 11.5 Å². The number of aryl methyl sites for hydroxylation is 1. The SMILES string of the molecule is CC(C)COc1ccc(COc2ccc3c(c2)[C@]2(CCC3)C[C@H]2C(=O)O)cc1[C@@H]1CCCC1(C)C. The molecule has 1 N–H and O–H groups in total. The minimum Gasteiger partial charge on any atom is -0.493 e. The normalized spacial score (nSPS) is 26.5. The lowest BCUT2D eigenvalue weighted by Gasteiger charge is -2.29. The quantitative estimate of drug-likeness (QED) is 0.435. The van der Waals surface area contributed by atoms with Crippen molar-refractivity contribution in [2.75, 3.05) is 6.61 Å². The first-order valence-corrected chi connectivity index (χ1v) is 13.4. The van der Waals surface area contributed by atoms with E-state index in [4.69, 9.17) is 9.47 Å². The van der Waals surface area contributed by atoms with E-state index < -0.39 is 5.97 Å². The molecule has 0 bridgehead atoms. The molecule has 5 rings (SSSR count). The van der Waals surface area contributed by atoms with Crippen molar-refractivity contribution in [3.05, 3.63) is 58.7 Å². The van der Waals surface area contributed by atoms with Gasteiger partial charge in [0.25, 0.3) is 0 Å². The standard InChI is InChI=1S/C31H40O4/c1-20(2)18-35-28-12-9-21(15-24(28)25-8-6-13-30(25,3)4)19-34-23-11-10-22-7-5-14-31(26(22)16-23)17-27(31)29(32)33/h9-12,15-16,20,25,27H,5-8,13-14,17-19H2,1-4H3,(H,32,33)/t25-,27-,31-/m0/s1. The van der Waals surface area contributed by atoms with Gasteiger partial charge in [0, 0.05) is 5.41 Å². The fourth-order valence-electron chi connectivity index (χ4n) is 6.68. The van der Waals surface area contributed by atoms with Crippen molar-refractivity contribution in [1.29, 1.82) is 0 Å². The van der Waals surface area contributed by atoms with Crippen molar-refractivity contribution >= 4 is 5.97 Å². The maximum Gasteiger partial charge on any atom is 0.307 e. The van der Waals surface area contributed by atoms with Crippen LogP contribution >= 0.6 is 0 Å². The smallest absolute Gasteiger partial charge is 0.307 e. The maximum absolute atomic E-state index is 11.7. The van der Waals surface area contributed by atoms with E-state index in [-0.39, 0.29) is 16.7 Å². The second kappa shape index (κ2) is 9.19. The summed E-state index contributed by atoms with van der Waals surface area (Å²) in [6.45, 7) is 10.4. The first kappa shape index (κ1) is 24.2. The van der Waals surface area contributed by atoms with Crippen LogP contribution in [0, 0.1) is 17.3 Å². The molecule has 35 heavy (non-hydrogen) atoms. The summed E-state index contributed by atoms with van der Waals surface area (Å²) in [7, 11) is 0. The summed E-state index contributed by atoms with van der Waals surface area (Å²) in [5.41, 5.74) is 5.08. The van der Waals surface area contributed by atoms with E-state index in [0.29, 0.717) is 18.4 Å². The first-order chi connectivity index (χ1) is 16.7. The predicted molar refractivity (Wildman–Crippen MR) is 138 cm³/mol. The van der Waals surface area contributed by atoms with Gasteiger partial charge in [-0.15, -0.1) is 0 Å². The average molecular weight is 477 g/mol. The zero-order chi connectivity index (χ0) is 24.8. The molecule has 0 heterocycles. The van der Waals surface area contributed by atoms with Gasteiger partial charge in [0.1, 0.15) is 18.1 Å². The van der Waals surface area contributed by atoms with Crippen molar-refractivity contribution in [2.24, 2.45) is 17.3 Å². The second-order valence-electron chi connectivity index (χ2n) is 12.2. The molecule has 0 saturated heterocycles. The lowest BCUT2D eigenvalue weighted by Crippen LogP contribution is -2.21. The van der Waals surface area contributed by atoms with Crippen LogP contribution in [0.5, 0.6) is 11.5 Å². The van der Waals surface area contributed by atoms with E-state index in [1.165, 1.54) is 36.0 Å². The van der Waals surface area contributed by atoms with Gasteiger partial charge in [-0.3, -0.25) is 4.79 Å². The number of fused-ring (bicyclic) bond motifs is 2. The van der Waals surface area contributed by atoms with Crippen LogP contribution in [0.3, 0.4) is 0 Å². The predicted octanol–water partition coefficient (Wildman–Crippen LogP) is 7.27. The molecular weight excluding hydrogens is 436 g/mol. The first-order valence-electron chi connectivity index (χ1n) is 13.4. The van der Waals surface area contributed by atoms with E-state index in [1.54, 1.807) is 0 Å². The molecule has 4 nitrogen and oxygen atoms in total. The summed E-state index contributed by atoms with van der Waals surface area (Å²) in [4.78, 5) is 11.7. The molecule has 0 aliphatic heterocycles. The van der Waals surface area contributed by atoms with Gasteiger partial charge in [0.15, 0.2) is 0 Å². The zero-order valence-electron chi connectivity index (χ0n) is 21.7. The van der Waals surface area contributed by atoms with Crippen LogP contribution in [-0.2, 0) is 23.2 Å². The maximum atomic E-state index is 11.7. The number of hydrogen-bond acceptors (Lipinski definition) is 3. The number of benzene rings is 2. The van der Waals surface area contributed by atoms with E-state index in [1.807, 2.05) is 0 Å². The highest BCUT2D eigenvalue weighted by Crippen LogP contribution is 2.60. The van der Waals surface area contributed by atoms with Gasteiger partial charge in [-0.1, -0.05) is 46.2 Å². The van der Waals surface area contributed by atoms with E-state index in [9.17, 15) is 9.90 Å². The van der Waals surface area contributed by atoms with Gasteiger partial charge in [-0.25, -0.2) is 0 Å². The lowest BCUT2D eigenvalue weighted by atomic mass is 9.77. The highest BCUT2D eigenvalue weighted by Gasteiger charge is 2.60. The Bertz CT molecular complexity index is 1100. The largest absolute Gasteiger partial charge is 0.493 e. The summed E-state index contributed by atoms with van der Waals surface area (Å²) >= 11 is 0. The van der Waals surface area contributed by atoms with Crippen molar-refractivity contribution in [3.63, 3.8) is 0 Å². The Labute approximate surface area is 210 Å². The number of carboxylic acids is 1. The van der Waals surface area contributed by atoms with Crippen LogP contribution in [-0.4, -0.2) is 17.7 Å². The van der Waals surface area contributed by atoms with Gasteiger partial charge >= 0.3 is 5.97 Å². The number of ether oxygens (including phenoxy) is 2. The van der Waals surface area contributed by atoms with Gasteiger partial charge in [-0.05, 0) is 102 Å². The second-order valence-corrected chi connectivity index (χ2v) is 12.2. The Kier molecular flexibility index (Phi) is 6.35. The van der Waals surface area contributed by atoms with E-state index >= 15 is 0 Å². The molecule has 2 saturated carbocycles. The number of rotatable bonds is 8. The van der Waals surface area contributed by atoms with Crippen LogP contribution in [0.25, 0.3) is 0 Å². The minimum absolute atomic E-state index is 0.171. The van der Waals surface area contributed by atoms with Crippen molar-refractivity contribution < 1.29 is 19.4 Å². The summed E-state index contributed by atoms with van der Waals surface area (Å²) < 4.78 is 12.5. The van der Waals surface area contributed by atoms with Gasteiger partial charge in [0.05, 0.1) is 12.5 Å². The Balaban J connectivity index is 1.36. The average Bonchev–Trinajstić information content (AvgIpc) is 3.43. The number of aliphatic carboxylic acids is 1. The molecule has 3 aliphatic rings. The third kappa shape index (κ3) is 4.69. The van der Waals surface area contributed by atoms with Crippen LogP contribution in [0.15, 0.2) is 36.4 Å². The summed E-state index contributed by atoms with van der Waals surface area (Å²) in [6, 6.07) is 12.9. The molecule has 1 spiro atoms. The fraction of sp³-hybridized carbons (Fsp3) is 0.581. The number of hydrogen-bond donors (Lipinski definition) is 1. The molecular formula is C31H40O4. The Morgan fingerprint density at radius 1 is 1.09 bits per heavy atom. The summed E-state index contributed by atoms with van der Waals surface area (Å²) in [5.74, 6) is 1.94. The summed E-state index contributed by atoms with van der Waals surface area (Å²) in [5, 5.41) is 9.62. The van der Waals surface area contributed by atoms with Crippen LogP contribution in [0.1, 0.15) is 94.4 Å². The molecule has 3 aliphatic carbocycles. The van der Waals surface area contributed by atoms with E-state index in [0.717, 1.165) is 49.4 Å². The highest BCUT2D eigenvalue weighted by molar-refractivity contribution is 5.78. The Morgan fingerprint density at radius 3 is 2.60 bits per heavy atom. The lowest BCUT2D eigenvalue weighted by molar-refractivity contribution is -0.139. The van der Waals surface area contributed by atoms with Gasteiger partial charge in [0.2, 0.25) is 0 Å². The fourth-order valence-corrected chi connectivity index (χ4v) is 6.68. The van der Waals surface area contributed by atoms with Crippen LogP contribution in [0.2, 0.25) is 0 Å². The van der Waals surface area contributed by atoms with E-state index in [2.05, 4.69) is 64.1 Å². The van der Waals surface area contributed by atoms with Crippen LogP contribution < -0.4 is 9.47 Å². The third-order valence-corrected chi connectivity index (χ3v) is 8.74. The van der Waals surface area contributed by atoms with Crippen molar-refractivity contribution in [1.82, 2.24) is 0 Å². The van der Waals surface area contributed by atoms with Gasteiger partial charge in [-0.2, -0.15) is 0 Å². The van der Waals surface area contributed by atoms with Crippen LogP contribution in [0.4, 0.5) is 0 Å². The Hall–Kier alpha value is -2.49. The molecule has 0 radical (unpaired) electrons. The third-order valence-electron chi connectivity index (χ3n) is 8.74. The summed E-state index contributed by atoms with van der Waals surface area (Å²) in [6.07, 6.45) is 7.54. The van der Waals surface area contributed by atoms with Crippen molar-refractivity contribution in [2.45, 2.75) is 90.6 Å². The zero-order valence-corrected chi connectivity index (χ0v) is 21.7. The number of carbonyl (C=O) groups is 1. The topological polar surface area (TPSA) is 55.8 Å². The molecule has 0 amide bonds. The van der Waals surface area contributed by atoms with Gasteiger partial charge < -0.3 is 14.6 Å². The molecule has 0 unspecified atom stereocenters. The molecule has 2 aromatic rings. The molecule has 3 atom stereocenters. The monoisotopic (exact) mass is 476 g/mol.